The van der Waals surface area contributed by atoms with Crippen LogP contribution in [0.4, 0.5) is 10.3 Å². The van der Waals surface area contributed by atoms with Crippen LogP contribution in [0.5, 0.6) is 5.75 Å². The Morgan fingerprint density at radius 3 is 2.69 bits per heavy atom. The van der Waals surface area contributed by atoms with Crippen molar-refractivity contribution < 1.29 is 13.9 Å². The number of methoxy groups -OCH3 is 1. The number of carbonyl (C=O) groups is 1. The first-order chi connectivity index (χ1) is 14.2. The molecule has 0 saturated carbocycles. The molecule has 2 heterocycles. The van der Waals surface area contributed by atoms with Gasteiger partial charge in [-0.15, -0.1) is 0 Å². The number of halogens is 1. The molecule has 0 spiro atoms. The molecule has 7 heteroatoms. The third-order valence-corrected chi connectivity index (χ3v) is 5.65. The number of hydrogen-bond donors (Lipinski definition) is 1. The number of fused-ring (bicyclic) bond motifs is 1. The van der Waals surface area contributed by atoms with E-state index in [0.29, 0.717) is 29.9 Å². The maximum Gasteiger partial charge on any atom is 0.226 e. The van der Waals surface area contributed by atoms with Gasteiger partial charge in [-0.25, -0.2) is 9.07 Å². The Morgan fingerprint density at radius 1 is 1.14 bits per heavy atom. The maximum atomic E-state index is 14.6. The van der Waals surface area contributed by atoms with Crippen molar-refractivity contribution in [3.8, 4) is 5.75 Å². The second-order valence-electron chi connectivity index (χ2n) is 7.27. The number of hydrogen-bond acceptors (Lipinski definition) is 5. The summed E-state index contributed by atoms with van der Waals surface area (Å²) < 4.78 is 21.5. The molecule has 0 fully saturated rings. The van der Waals surface area contributed by atoms with Crippen LogP contribution in [0.1, 0.15) is 35.9 Å². The number of aromatic nitrogens is 3. The van der Waals surface area contributed by atoms with E-state index in [4.69, 9.17) is 4.74 Å². The van der Waals surface area contributed by atoms with Crippen LogP contribution in [0, 0.1) is 5.82 Å². The molecule has 0 unspecified atom stereocenters. The SMILES string of the molecule is COc1ccc([C@@H]2CC(=O)C3=C(C2)Nc2ncnn2[C@H]3c2ccccc2F)cc1. The van der Waals surface area contributed by atoms with Crippen molar-refractivity contribution in [3.63, 3.8) is 0 Å². The van der Waals surface area contributed by atoms with E-state index in [2.05, 4.69) is 15.4 Å². The van der Waals surface area contributed by atoms with Crippen LogP contribution >= 0.6 is 0 Å². The highest BCUT2D eigenvalue weighted by Gasteiger charge is 2.40. The lowest BCUT2D eigenvalue weighted by Gasteiger charge is -2.35. The molecule has 2 aromatic carbocycles. The lowest BCUT2D eigenvalue weighted by molar-refractivity contribution is -0.116. The van der Waals surface area contributed by atoms with Crippen molar-refractivity contribution in [2.75, 3.05) is 12.4 Å². The number of nitrogens with zero attached hydrogens (tertiary/aromatic N) is 3. The second-order valence-corrected chi connectivity index (χ2v) is 7.27. The zero-order chi connectivity index (χ0) is 20.0. The molecule has 2 atom stereocenters. The first kappa shape index (κ1) is 17.6. The van der Waals surface area contributed by atoms with E-state index < -0.39 is 6.04 Å². The summed E-state index contributed by atoms with van der Waals surface area (Å²) in [6.07, 6.45) is 2.42. The molecule has 6 nitrogen and oxygen atoms in total. The minimum absolute atomic E-state index is 0.00558. The number of Topliss-reactive ketones (excluding diaryl/α,β-unsaturated/α-hetero) is 1. The zero-order valence-corrected chi connectivity index (χ0v) is 15.8. The molecule has 5 rings (SSSR count). The predicted molar refractivity (Wildman–Crippen MR) is 105 cm³/mol. The normalized spacial score (nSPS) is 20.7. The largest absolute Gasteiger partial charge is 0.497 e. The van der Waals surface area contributed by atoms with E-state index in [1.54, 1.807) is 30.0 Å². The summed E-state index contributed by atoms with van der Waals surface area (Å²) in [5.41, 5.74) is 2.85. The van der Waals surface area contributed by atoms with Crippen LogP contribution in [0.2, 0.25) is 0 Å². The highest BCUT2D eigenvalue weighted by atomic mass is 19.1. The van der Waals surface area contributed by atoms with E-state index in [9.17, 15) is 9.18 Å². The molecular formula is C22H19FN4O2. The van der Waals surface area contributed by atoms with Crippen LogP contribution in [0.25, 0.3) is 0 Å². The molecule has 146 valence electrons. The fourth-order valence-electron chi connectivity index (χ4n) is 4.25. The molecule has 2 aliphatic rings. The number of nitrogens with one attached hydrogen (secondary N) is 1. The van der Waals surface area contributed by atoms with Gasteiger partial charge in [0.1, 0.15) is 23.9 Å². The summed E-state index contributed by atoms with van der Waals surface area (Å²) in [4.78, 5) is 17.5. The Labute approximate surface area is 167 Å². The Kier molecular flexibility index (Phi) is 4.16. The Balaban J connectivity index is 1.57. The number of rotatable bonds is 3. The Hall–Kier alpha value is -3.48. The van der Waals surface area contributed by atoms with E-state index >= 15 is 0 Å². The first-order valence-electron chi connectivity index (χ1n) is 9.47. The van der Waals surface area contributed by atoms with Crippen molar-refractivity contribution in [1.82, 2.24) is 14.8 Å². The fourth-order valence-corrected chi connectivity index (χ4v) is 4.25. The van der Waals surface area contributed by atoms with Crippen LogP contribution < -0.4 is 10.1 Å². The molecule has 29 heavy (non-hydrogen) atoms. The number of ether oxygens (including phenoxy) is 1. The molecule has 3 aromatic rings. The zero-order valence-electron chi connectivity index (χ0n) is 15.8. The number of carbonyl (C=O) groups excluding carboxylic acids is 1. The second kappa shape index (κ2) is 6.84. The van der Waals surface area contributed by atoms with Crippen LogP contribution in [0.15, 0.2) is 66.1 Å². The third kappa shape index (κ3) is 2.90. The summed E-state index contributed by atoms with van der Waals surface area (Å²) in [5.74, 6) is 0.960. The quantitative estimate of drug-likeness (QED) is 0.736. The van der Waals surface area contributed by atoms with Gasteiger partial charge in [-0.2, -0.15) is 10.1 Å². The lowest BCUT2D eigenvalue weighted by Crippen LogP contribution is -2.34. The predicted octanol–water partition coefficient (Wildman–Crippen LogP) is 3.84. The molecule has 1 aliphatic carbocycles. The summed E-state index contributed by atoms with van der Waals surface area (Å²) in [6.45, 7) is 0. The van der Waals surface area contributed by atoms with Gasteiger partial charge in [-0.05, 0) is 36.1 Å². The minimum atomic E-state index is -0.616. The molecule has 0 radical (unpaired) electrons. The molecule has 1 aromatic heterocycles. The third-order valence-electron chi connectivity index (χ3n) is 5.65. The van der Waals surface area contributed by atoms with Crippen LogP contribution in [0.3, 0.4) is 0 Å². The molecule has 0 saturated heterocycles. The number of anilines is 1. The van der Waals surface area contributed by atoms with Crippen molar-refractivity contribution in [2.24, 2.45) is 0 Å². The number of allylic oxidation sites excluding steroid dienone is 2. The van der Waals surface area contributed by atoms with E-state index in [1.807, 2.05) is 24.3 Å². The van der Waals surface area contributed by atoms with Crippen LogP contribution in [-0.4, -0.2) is 27.7 Å². The van der Waals surface area contributed by atoms with Gasteiger partial charge in [0.05, 0.1) is 7.11 Å². The van der Waals surface area contributed by atoms with Gasteiger partial charge in [-0.1, -0.05) is 30.3 Å². The van der Waals surface area contributed by atoms with E-state index in [0.717, 1.165) is 17.0 Å². The molecule has 0 amide bonds. The lowest BCUT2D eigenvalue weighted by atomic mass is 9.78. The highest BCUT2D eigenvalue weighted by Crippen LogP contribution is 2.44. The van der Waals surface area contributed by atoms with Gasteiger partial charge in [0.2, 0.25) is 5.95 Å². The summed E-state index contributed by atoms with van der Waals surface area (Å²) in [5, 5.41) is 7.51. The highest BCUT2D eigenvalue weighted by molar-refractivity contribution is 6.00. The van der Waals surface area contributed by atoms with Gasteiger partial charge >= 0.3 is 0 Å². The van der Waals surface area contributed by atoms with Crippen LogP contribution in [-0.2, 0) is 4.79 Å². The standard InChI is InChI=1S/C22H19FN4O2/c1-29-15-8-6-13(7-9-15)14-10-18-20(19(28)11-14)21(16-4-2-3-5-17(16)23)27-22(26-18)24-12-25-27/h2-9,12,14,21H,10-11H2,1H3,(H,24,25,26)/t14-,21-/m0/s1. The fraction of sp³-hybridized carbons (Fsp3) is 0.227. The van der Waals surface area contributed by atoms with Gasteiger partial charge in [0.25, 0.3) is 0 Å². The topological polar surface area (TPSA) is 69.0 Å². The number of ketones is 1. The van der Waals surface area contributed by atoms with Crippen molar-refractivity contribution >= 4 is 11.7 Å². The van der Waals surface area contributed by atoms with Gasteiger partial charge < -0.3 is 10.1 Å². The molecule has 0 bridgehead atoms. The Morgan fingerprint density at radius 2 is 1.93 bits per heavy atom. The molecular weight excluding hydrogens is 371 g/mol. The molecule has 1 N–H and O–H groups in total. The summed E-state index contributed by atoms with van der Waals surface area (Å²) in [7, 11) is 1.63. The summed E-state index contributed by atoms with van der Waals surface area (Å²) >= 11 is 0. The average Bonchev–Trinajstić information content (AvgIpc) is 3.21. The minimum Gasteiger partial charge on any atom is -0.497 e. The van der Waals surface area contributed by atoms with Crippen molar-refractivity contribution in [3.05, 3.63) is 83.1 Å². The number of benzene rings is 2. The average molecular weight is 390 g/mol. The van der Waals surface area contributed by atoms with Gasteiger partial charge in [-0.3, -0.25) is 4.79 Å². The van der Waals surface area contributed by atoms with Crippen molar-refractivity contribution in [1.29, 1.82) is 0 Å². The Bertz CT molecular complexity index is 1120. The smallest absolute Gasteiger partial charge is 0.226 e. The molecule has 1 aliphatic heterocycles. The monoisotopic (exact) mass is 390 g/mol. The maximum absolute atomic E-state index is 14.6. The van der Waals surface area contributed by atoms with Gasteiger partial charge in [0, 0.05) is 23.3 Å². The van der Waals surface area contributed by atoms with E-state index in [1.165, 1.54) is 12.4 Å². The first-order valence-corrected chi connectivity index (χ1v) is 9.47. The summed E-state index contributed by atoms with van der Waals surface area (Å²) in [6, 6.07) is 13.7. The van der Waals surface area contributed by atoms with Gasteiger partial charge in [0.15, 0.2) is 5.78 Å². The van der Waals surface area contributed by atoms with E-state index in [-0.39, 0.29) is 17.5 Å². The van der Waals surface area contributed by atoms with Crippen molar-refractivity contribution in [2.45, 2.75) is 24.8 Å².